The number of ether oxygens (including phenoxy) is 2. The van der Waals surface area contributed by atoms with Crippen molar-refractivity contribution in [3.8, 4) is 0 Å². The lowest BCUT2D eigenvalue weighted by Crippen LogP contribution is -2.25. The van der Waals surface area contributed by atoms with E-state index in [2.05, 4.69) is 5.32 Å². The van der Waals surface area contributed by atoms with Crippen molar-refractivity contribution in [1.82, 2.24) is 5.32 Å². The molecule has 1 saturated carbocycles. The van der Waals surface area contributed by atoms with E-state index in [4.69, 9.17) is 9.47 Å². The Morgan fingerprint density at radius 3 is 2.62 bits per heavy atom. The van der Waals surface area contributed by atoms with E-state index in [9.17, 15) is 0 Å². The number of nitrogens with one attached hydrogen (secondary N) is 1. The van der Waals surface area contributed by atoms with Crippen molar-refractivity contribution in [3.63, 3.8) is 0 Å². The van der Waals surface area contributed by atoms with Crippen molar-refractivity contribution < 1.29 is 9.47 Å². The molecule has 0 bridgehead atoms. The van der Waals surface area contributed by atoms with Crippen LogP contribution in [0.2, 0.25) is 0 Å². The maximum Gasteiger partial charge on any atom is 0.0594 e. The van der Waals surface area contributed by atoms with Crippen LogP contribution in [0.1, 0.15) is 45.4 Å². The van der Waals surface area contributed by atoms with Crippen molar-refractivity contribution in [3.05, 3.63) is 0 Å². The molecular weight excluding hydrogens is 202 g/mol. The molecule has 1 aliphatic carbocycles. The van der Waals surface area contributed by atoms with Gasteiger partial charge in [-0.3, -0.25) is 0 Å². The van der Waals surface area contributed by atoms with E-state index in [0.717, 1.165) is 39.3 Å². The molecule has 16 heavy (non-hydrogen) atoms. The Labute approximate surface area is 99.9 Å². The summed E-state index contributed by atoms with van der Waals surface area (Å²) in [5.74, 6) is 0. The van der Waals surface area contributed by atoms with Gasteiger partial charge in [-0.2, -0.15) is 0 Å². The van der Waals surface area contributed by atoms with Gasteiger partial charge < -0.3 is 14.8 Å². The molecule has 0 radical (unpaired) electrons. The highest BCUT2D eigenvalue weighted by atomic mass is 16.5. The second kappa shape index (κ2) is 10.1. The molecule has 3 heteroatoms. The quantitative estimate of drug-likeness (QED) is 0.616. The van der Waals surface area contributed by atoms with E-state index in [1.165, 1.54) is 32.1 Å². The second-order valence-electron chi connectivity index (χ2n) is 4.43. The minimum atomic E-state index is 0.541. The molecule has 96 valence electrons. The molecule has 0 spiro atoms. The molecule has 3 nitrogen and oxygen atoms in total. The average molecular weight is 229 g/mol. The summed E-state index contributed by atoms with van der Waals surface area (Å²) in [5.41, 5.74) is 0. The smallest absolute Gasteiger partial charge is 0.0594 e. The van der Waals surface area contributed by atoms with Crippen LogP contribution >= 0.6 is 0 Å². The van der Waals surface area contributed by atoms with Crippen molar-refractivity contribution in [2.24, 2.45) is 0 Å². The zero-order valence-electron chi connectivity index (χ0n) is 10.7. The average Bonchev–Trinajstić information content (AvgIpc) is 2.34. The van der Waals surface area contributed by atoms with Crippen LogP contribution in [0.3, 0.4) is 0 Å². The van der Waals surface area contributed by atoms with E-state index >= 15 is 0 Å². The number of hydrogen-bond donors (Lipinski definition) is 1. The Morgan fingerprint density at radius 2 is 1.88 bits per heavy atom. The summed E-state index contributed by atoms with van der Waals surface area (Å²) in [6.45, 7) is 6.60. The number of rotatable bonds is 9. The molecule has 1 N–H and O–H groups in total. The predicted octanol–water partition coefficient (Wildman–Crippen LogP) is 2.35. The van der Waals surface area contributed by atoms with Crippen molar-refractivity contribution in [2.45, 2.75) is 51.6 Å². The Bertz CT molecular complexity index is 147. The molecule has 0 amide bonds. The zero-order valence-corrected chi connectivity index (χ0v) is 10.7. The summed E-state index contributed by atoms with van der Waals surface area (Å²) < 4.78 is 11.1. The van der Waals surface area contributed by atoms with Gasteiger partial charge in [0.15, 0.2) is 0 Å². The second-order valence-corrected chi connectivity index (χ2v) is 4.43. The van der Waals surface area contributed by atoms with Gasteiger partial charge in [0.05, 0.1) is 12.7 Å². The fourth-order valence-electron chi connectivity index (χ4n) is 2.10. The fourth-order valence-corrected chi connectivity index (χ4v) is 2.10. The summed E-state index contributed by atoms with van der Waals surface area (Å²) in [6.07, 6.45) is 8.28. The first kappa shape index (κ1) is 13.9. The summed E-state index contributed by atoms with van der Waals surface area (Å²) in [6, 6.07) is 0. The molecule has 0 aromatic carbocycles. The van der Waals surface area contributed by atoms with Crippen LogP contribution in [-0.2, 0) is 9.47 Å². The van der Waals surface area contributed by atoms with E-state index in [0.29, 0.717) is 6.10 Å². The van der Waals surface area contributed by atoms with Crippen molar-refractivity contribution in [2.75, 3.05) is 32.9 Å². The molecule has 0 aromatic rings. The van der Waals surface area contributed by atoms with Crippen LogP contribution < -0.4 is 5.32 Å². The Morgan fingerprint density at radius 1 is 1.06 bits per heavy atom. The van der Waals surface area contributed by atoms with Crippen LogP contribution in [-0.4, -0.2) is 39.0 Å². The van der Waals surface area contributed by atoms with Gasteiger partial charge in [0.25, 0.3) is 0 Å². The molecule has 0 unspecified atom stereocenters. The van der Waals surface area contributed by atoms with Crippen LogP contribution in [0.5, 0.6) is 0 Å². The highest BCUT2D eigenvalue weighted by Crippen LogP contribution is 2.19. The first-order valence-corrected chi connectivity index (χ1v) is 6.83. The molecular formula is C13H27NO2. The molecule has 0 atom stereocenters. The highest BCUT2D eigenvalue weighted by Gasteiger charge is 2.12. The molecule has 1 aliphatic rings. The van der Waals surface area contributed by atoms with Crippen LogP contribution in [0, 0.1) is 0 Å². The Balaban J connectivity index is 1.77. The lowest BCUT2D eigenvalue weighted by molar-refractivity contribution is 0.0301. The zero-order chi connectivity index (χ0) is 11.5. The van der Waals surface area contributed by atoms with Gasteiger partial charge in [-0.1, -0.05) is 19.3 Å². The third kappa shape index (κ3) is 7.20. The topological polar surface area (TPSA) is 30.5 Å². The summed E-state index contributed by atoms with van der Waals surface area (Å²) >= 11 is 0. The van der Waals surface area contributed by atoms with Gasteiger partial charge in [0.2, 0.25) is 0 Å². The van der Waals surface area contributed by atoms with Gasteiger partial charge in [0, 0.05) is 19.8 Å². The molecule has 1 fully saturated rings. The van der Waals surface area contributed by atoms with Gasteiger partial charge in [-0.15, -0.1) is 0 Å². The standard InChI is InChI=1S/C13H27NO2/c1-2-15-11-6-9-14-10-12-16-13-7-4-3-5-8-13/h13-14H,2-12H2,1H3. The summed E-state index contributed by atoms with van der Waals surface area (Å²) in [5, 5.41) is 3.38. The van der Waals surface area contributed by atoms with E-state index in [-0.39, 0.29) is 0 Å². The van der Waals surface area contributed by atoms with E-state index < -0.39 is 0 Å². The van der Waals surface area contributed by atoms with Crippen LogP contribution in [0.25, 0.3) is 0 Å². The third-order valence-electron chi connectivity index (χ3n) is 3.03. The normalized spacial score (nSPS) is 17.8. The lowest BCUT2D eigenvalue weighted by Gasteiger charge is -2.22. The van der Waals surface area contributed by atoms with Crippen molar-refractivity contribution >= 4 is 0 Å². The van der Waals surface area contributed by atoms with Crippen LogP contribution in [0.15, 0.2) is 0 Å². The Hall–Kier alpha value is -0.120. The van der Waals surface area contributed by atoms with Crippen LogP contribution in [0.4, 0.5) is 0 Å². The summed E-state index contributed by atoms with van der Waals surface area (Å²) in [4.78, 5) is 0. The monoisotopic (exact) mass is 229 g/mol. The predicted molar refractivity (Wildman–Crippen MR) is 66.8 cm³/mol. The largest absolute Gasteiger partial charge is 0.382 e. The molecule has 1 rings (SSSR count). The first-order valence-electron chi connectivity index (χ1n) is 6.83. The summed E-state index contributed by atoms with van der Waals surface area (Å²) in [7, 11) is 0. The lowest BCUT2D eigenvalue weighted by atomic mass is 9.98. The highest BCUT2D eigenvalue weighted by molar-refractivity contribution is 4.65. The fraction of sp³-hybridized carbons (Fsp3) is 1.00. The minimum absolute atomic E-state index is 0.541. The van der Waals surface area contributed by atoms with Crippen molar-refractivity contribution in [1.29, 1.82) is 0 Å². The number of hydrogen-bond acceptors (Lipinski definition) is 3. The Kier molecular flexibility index (Phi) is 8.77. The molecule has 0 saturated heterocycles. The van der Waals surface area contributed by atoms with E-state index in [1.54, 1.807) is 0 Å². The third-order valence-corrected chi connectivity index (χ3v) is 3.03. The van der Waals surface area contributed by atoms with Gasteiger partial charge in [0.1, 0.15) is 0 Å². The first-order chi connectivity index (χ1) is 7.93. The minimum Gasteiger partial charge on any atom is -0.382 e. The van der Waals surface area contributed by atoms with Gasteiger partial charge >= 0.3 is 0 Å². The van der Waals surface area contributed by atoms with E-state index in [1.807, 2.05) is 6.92 Å². The molecule has 0 heterocycles. The maximum absolute atomic E-state index is 5.82. The van der Waals surface area contributed by atoms with Gasteiger partial charge in [-0.05, 0) is 32.7 Å². The van der Waals surface area contributed by atoms with Gasteiger partial charge in [-0.25, -0.2) is 0 Å². The molecule has 0 aromatic heterocycles. The maximum atomic E-state index is 5.82. The molecule has 0 aliphatic heterocycles. The SMILES string of the molecule is CCOCCCNCCOC1CCCCC1.